The Bertz CT molecular complexity index is 842. The van der Waals surface area contributed by atoms with Crippen LogP contribution in [0.4, 0.5) is 0 Å². The highest BCUT2D eigenvalue weighted by atomic mass is 79.9. The Morgan fingerprint density at radius 2 is 1.95 bits per heavy atom. The summed E-state index contributed by atoms with van der Waals surface area (Å²) in [5.41, 5.74) is 2.79. The molecule has 100 valence electrons. The van der Waals surface area contributed by atoms with Crippen LogP contribution in [0.2, 0.25) is 0 Å². The molecule has 0 spiro atoms. The average molecular weight is 346 g/mol. The maximum Gasteiger partial charge on any atom is 0.157 e. The number of halogens is 1. The smallest absolute Gasteiger partial charge is 0.157 e. The van der Waals surface area contributed by atoms with Gasteiger partial charge in [-0.1, -0.05) is 43.4 Å². The molecule has 0 aliphatic rings. The highest BCUT2D eigenvalue weighted by molar-refractivity contribution is 9.10. The number of rotatable bonds is 2. The van der Waals surface area contributed by atoms with Crippen molar-refractivity contribution in [1.82, 2.24) is 15.0 Å². The van der Waals surface area contributed by atoms with Crippen LogP contribution in [-0.4, -0.2) is 15.0 Å². The summed E-state index contributed by atoms with van der Waals surface area (Å²) in [5, 5.41) is 1.11. The van der Waals surface area contributed by atoms with Gasteiger partial charge in [-0.05, 0) is 34.5 Å². The molecule has 0 unspecified atom stereocenters. The van der Waals surface area contributed by atoms with Gasteiger partial charge in [0.05, 0.1) is 9.99 Å². The van der Waals surface area contributed by atoms with Crippen LogP contribution in [-0.2, 0) is 6.42 Å². The van der Waals surface area contributed by atoms with Gasteiger partial charge in [-0.2, -0.15) is 0 Å². The standard InChI is InChI=1S/C15H12BrN3S/c1-2-10-13(16)15(20)19-14(18-10)12-8-7-9-5-3-4-6-11(9)17-12/h3-8H,2H2,1H3,(H,18,19,20). The third-order valence-electron chi connectivity index (χ3n) is 3.13. The lowest BCUT2D eigenvalue weighted by atomic mass is 10.2. The predicted octanol–water partition coefficient (Wildman–Crippen LogP) is 4.68. The first kappa shape index (κ1) is 13.4. The number of para-hydroxylation sites is 1. The molecule has 0 saturated carbocycles. The normalized spacial score (nSPS) is 10.9. The van der Waals surface area contributed by atoms with Crippen LogP contribution in [0, 0.1) is 4.64 Å². The zero-order valence-corrected chi connectivity index (χ0v) is 13.3. The molecule has 3 rings (SSSR count). The fourth-order valence-corrected chi connectivity index (χ4v) is 2.75. The molecule has 3 aromatic rings. The highest BCUT2D eigenvalue weighted by Crippen LogP contribution is 2.22. The molecule has 0 aliphatic heterocycles. The Morgan fingerprint density at radius 1 is 1.15 bits per heavy atom. The van der Waals surface area contributed by atoms with E-state index < -0.39 is 0 Å². The zero-order valence-electron chi connectivity index (χ0n) is 10.9. The third-order valence-corrected chi connectivity index (χ3v) is 4.54. The van der Waals surface area contributed by atoms with Crippen molar-refractivity contribution in [2.24, 2.45) is 0 Å². The molecule has 3 nitrogen and oxygen atoms in total. The first-order chi connectivity index (χ1) is 9.69. The molecule has 0 aliphatic carbocycles. The van der Waals surface area contributed by atoms with E-state index in [0.717, 1.165) is 33.2 Å². The van der Waals surface area contributed by atoms with E-state index in [2.05, 4.69) is 37.8 Å². The van der Waals surface area contributed by atoms with Gasteiger partial charge >= 0.3 is 0 Å². The Hall–Kier alpha value is -1.59. The monoisotopic (exact) mass is 345 g/mol. The van der Waals surface area contributed by atoms with Crippen LogP contribution < -0.4 is 0 Å². The van der Waals surface area contributed by atoms with Crippen molar-refractivity contribution in [2.45, 2.75) is 13.3 Å². The number of fused-ring (bicyclic) bond motifs is 1. The largest absolute Gasteiger partial charge is 0.341 e. The van der Waals surface area contributed by atoms with Crippen LogP contribution in [0.1, 0.15) is 12.6 Å². The van der Waals surface area contributed by atoms with Gasteiger partial charge in [-0.3, -0.25) is 0 Å². The predicted molar refractivity (Wildman–Crippen MR) is 87.2 cm³/mol. The summed E-state index contributed by atoms with van der Waals surface area (Å²) in [6.07, 6.45) is 0.854. The Balaban J connectivity index is 2.20. The number of hydrogen-bond acceptors (Lipinski definition) is 3. The van der Waals surface area contributed by atoms with E-state index in [1.807, 2.05) is 36.4 Å². The lowest BCUT2D eigenvalue weighted by molar-refractivity contribution is 0.978. The first-order valence-electron chi connectivity index (χ1n) is 6.34. The van der Waals surface area contributed by atoms with E-state index in [1.54, 1.807) is 0 Å². The molecule has 0 radical (unpaired) electrons. The zero-order chi connectivity index (χ0) is 14.1. The number of benzene rings is 1. The molecule has 2 heterocycles. The molecule has 0 amide bonds. The minimum atomic E-state index is 0.561. The Morgan fingerprint density at radius 3 is 2.75 bits per heavy atom. The Labute approximate surface area is 130 Å². The maximum atomic E-state index is 5.28. The van der Waals surface area contributed by atoms with Gasteiger partial charge in [0.2, 0.25) is 0 Å². The number of H-pyrrole nitrogens is 1. The second kappa shape index (κ2) is 5.42. The van der Waals surface area contributed by atoms with Gasteiger partial charge in [-0.25, -0.2) is 9.97 Å². The maximum absolute atomic E-state index is 5.28. The summed E-state index contributed by atoms with van der Waals surface area (Å²) in [4.78, 5) is 12.3. The second-order valence-electron chi connectivity index (χ2n) is 4.43. The van der Waals surface area contributed by atoms with Crippen LogP contribution in [0.3, 0.4) is 0 Å². The minimum absolute atomic E-state index is 0.561. The van der Waals surface area contributed by atoms with E-state index >= 15 is 0 Å². The topological polar surface area (TPSA) is 41.6 Å². The molecule has 5 heteroatoms. The second-order valence-corrected chi connectivity index (χ2v) is 5.61. The quantitative estimate of drug-likeness (QED) is 0.685. The SMILES string of the molecule is CCc1[nH]c(-c2ccc3ccccc3n2)nc(=S)c1Br. The highest BCUT2D eigenvalue weighted by Gasteiger charge is 2.08. The van der Waals surface area contributed by atoms with Gasteiger partial charge in [0.1, 0.15) is 10.3 Å². The molecular formula is C15H12BrN3S. The van der Waals surface area contributed by atoms with Crippen molar-refractivity contribution in [3.8, 4) is 11.5 Å². The van der Waals surface area contributed by atoms with Gasteiger partial charge in [0.15, 0.2) is 5.82 Å². The molecule has 0 fully saturated rings. The number of aryl methyl sites for hydroxylation is 1. The van der Waals surface area contributed by atoms with Gasteiger partial charge in [0.25, 0.3) is 0 Å². The van der Waals surface area contributed by atoms with Crippen LogP contribution in [0.25, 0.3) is 22.4 Å². The third kappa shape index (κ3) is 2.39. The van der Waals surface area contributed by atoms with Crippen molar-refractivity contribution in [3.63, 3.8) is 0 Å². The average Bonchev–Trinajstić information content (AvgIpc) is 2.49. The fourth-order valence-electron chi connectivity index (χ4n) is 2.07. The molecule has 0 atom stereocenters. The molecule has 1 aromatic carbocycles. The van der Waals surface area contributed by atoms with Gasteiger partial charge in [0, 0.05) is 11.1 Å². The number of aromatic amines is 1. The van der Waals surface area contributed by atoms with Crippen molar-refractivity contribution in [2.75, 3.05) is 0 Å². The molecule has 1 N–H and O–H groups in total. The van der Waals surface area contributed by atoms with E-state index in [4.69, 9.17) is 12.2 Å². The molecule has 0 saturated heterocycles. The summed E-state index contributed by atoms with van der Waals surface area (Å²) in [7, 11) is 0. The number of hydrogen-bond donors (Lipinski definition) is 1. The van der Waals surface area contributed by atoms with Crippen LogP contribution >= 0.6 is 28.1 Å². The number of nitrogens with one attached hydrogen (secondary N) is 1. The van der Waals surface area contributed by atoms with Crippen molar-refractivity contribution in [1.29, 1.82) is 0 Å². The number of nitrogens with zero attached hydrogens (tertiary/aromatic N) is 2. The van der Waals surface area contributed by atoms with Gasteiger partial charge < -0.3 is 4.98 Å². The summed E-state index contributed by atoms with van der Waals surface area (Å²) in [6.45, 7) is 2.07. The minimum Gasteiger partial charge on any atom is -0.341 e. The number of pyridine rings is 1. The molecule has 20 heavy (non-hydrogen) atoms. The lowest BCUT2D eigenvalue weighted by Gasteiger charge is -2.07. The molecule has 0 bridgehead atoms. The van der Waals surface area contributed by atoms with E-state index in [-0.39, 0.29) is 0 Å². The van der Waals surface area contributed by atoms with E-state index in [1.165, 1.54) is 0 Å². The first-order valence-corrected chi connectivity index (χ1v) is 7.54. The summed E-state index contributed by atoms with van der Waals surface area (Å²) in [5.74, 6) is 0.709. The summed E-state index contributed by atoms with van der Waals surface area (Å²) >= 11 is 8.75. The van der Waals surface area contributed by atoms with Crippen LogP contribution in [0.15, 0.2) is 40.9 Å². The summed E-state index contributed by atoms with van der Waals surface area (Å²) in [6, 6.07) is 12.0. The van der Waals surface area contributed by atoms with E-state index in [9.17, 15) is 0 Å². The van der Waals surface area contributed by atoms with E-state index in [0.29, 0.717) is 10.5 Å². The molecular weight excluding hydrogens is 334 g/mol. The number of aromatic nitrogens is 3. The Kier molecular flexibility index (Phi) is 3.63. The lowest BCUT2D eigenvalue weighted by Crippen LogP contribution is -1.98. The van der Waals surface area contributed by atoms with Crippen LogP contribution in [0.5, 0.6) is 0 Å². The van der Waals surface area contributed by atoms with Crippen molar-refractivity contribution >= 4 is 39.1 Å². The summed E-state index contributed by atoms with van der Waals surface area (Å²) < 4.78 is 1.42. The van der Waals surface area contributed by atoms with Crippen molar-refractivity contribution in [3.05, 3.63) is 51.2 Å². The fraction of sp³-hybridized carbons (Fsp3) is 0.133. The van der Waals surface area contributed by atoms with Gasteiger partial charge in [-0.15, -0.1) is 0 Å². The molecule has 2 aromatic heterocycles. The van der Waals surface area contributed by atoms with Crippen molar-refractivity contribution < 1.29 is 0 Å².